The molecule has 0 saturated heterocycles. The van der Waals surface area contributed by atoms with Gasteiger partial charge in [0, 0.05) is 22.0 Å². The van der Waals surface area contributed by atoms with Crippen LogP contribution in [-0.4, -0.2) is 42.4 Å². The molecular weight excluding hydrogens is 338 g/mol. The average Bonchev–Trinajstić information content (AvgIpc) is 2.39. The van der Waals surface area contributed by atoms with Crippen LogP contribution in [0, 0.1) is 0 Å². The zero-order valence-corrected chi connectivity index (χ0v) is 14.6. The number of anilines is 2. The van der Waals surface area contributed by atoms with Gasteiger partial charge in [0.2, 0.25) is 5.91 Å². The largest absolute Gasteiger partial charge is 0.399 e. The molecule has 0 bridgehead atoms. The molecule has 1 aromatic rings. The van der Waals surface area contributed by atoms with E-state index in [4.69, 9.17) is 5.73 Å². The second kappa shape index (κ2) is 8.54. The number of hydrogen-bond acceptors (Lipinski definition) is 4. The molecule has 0 aliphatic heterocycles. The molecule has 0 spiro atoms. The summed E-state index contributed by atoms with van der Waals surface area (Å²) in [7, 11) is 1.99. The maximum absolute atomic E-state index is 12.1. The van der Waals surface area contributed by atoms with E-state index in [1.165, 1.54) is 0 Å². The van der Waals surface area contributed by atoms with Gasteiger partial charge in [0.25, 0.3) is 0 Å². The third kappa shape index (κ3) is 5.34. The SMILES string of the molecule is CCC(CSC)N(C)CC(=O)Nc1ccc(N)cc1Br. The zero-order chi connectivity index (χ0) is 15.1. The molecule has 0 aromatic heterocycles. The van der Waals surface area contributed by atoms with Crippen LogP contribution in [0.15, 0.2) is 22.7 Å². The molecule has 1 aromatic carbocycles. The first-order chi connectivity index (χ1) is 9.47. The van der Waals surface area contributed by atoms with E-state index in [0.717, 1.165) is 22.3 Å². The van der Waals surface area contributed by atoms with Gasteiger partial charge < -0.3 is 11.1 Å². The minimum Gasteiger partial charge on any atom is -0.399 e. The standard InChI is InChI=1S/C14H22BrN3OS/c1-4-11(9-20-3)18(2)8-14(19)17-13-6-5-10(16)7-12(13)15/h5-7,11H,4,8-9,16H2,1-3H3,(H,17,19). The van der Waals surface area contributed by atoms with Crippen LogP contribution in [0.25, 0.3) is 0 Å². The van der Waals surface area contributed by atoms with Crippen LogP contribution < -0.4 is 11.1 Å². The van der Waals surface area contributed by atoms with Crippen molar-refractivity contribution in [3.8, 4) is 0 Å². The van der Waals surface area contributed by atoms with Gasteiger partial charge in [-0.2, -0.15) is 11.8 Å². The fraction of sp³-hybridized carbons (Fsp3) is 0.500. The first kappa shape index (κ1) is 17.3. The van der Waals surface area contributed by atoms with E-state index in [0.29, 0.717) is 18.3 Å². The van der Waals surface area contributed by atoms with Gasteiger partial charge in [-0.1, -0.05) is 6.92 Å². The lowest BCUT2D eigenvalue weighted by atomic mass is 10.2. The number of hydrogen-bond donors (Lipinski definition) is 2. The van der Waals surface area contributed by atoms with Crippen molar-refractivity contribution in [1.82, 2.24) is 4.90 Å². The van der Waals surface area contributed by atoms with Crippen LogP contribution in [0.3, 0.4) is 0 Å². The normalized spacial score (nSPS) is 12.4. The lowest BCUT2D eigenvalue weighted by Gasteiger charge is -2.25. The molecule has 0 heterocycles. The molecular formula is C14H22BrN3OS. The Bertz CT molecular complexity index is 456. The summed E-state index contributed by atoms with van der Waals surface area (Å²) in [6.07, 6.45) is 3.12. The van der Waals surface area contributed by atoms with Crippen LogP contribution in [0.2, 0.25) is 0 Å². The van der Waals surface area contributed by atoms with Gasteiger partial charge >= 0.3 is 0 Å². The molecule has 3 N–H and O–H groups in total. The molecule has 0 fully saturated rings. The number of nitrogens with zero attached hydrogens (tertiary/aromatic N) is 1. The van der Waals surface area contributed by atoms with Crippen molar-refractivity contribution in [2.45, 2.75) is 19.4 Å². The van der Waals surface area contributed by atoms with Gasteiger partial charge in [0.15, 0.2) is 0 Å². The maximum Gasteiger partial charge on any atom is 0.238 e. The quantitative estimate of drug-likeness (QED) is 0.734. The summed E-state index contributed by atoms with van der Waals surface area (Å²) in [5.74, 6) is 1.02. The smallest absolute Gasteiger partial charge is 0.238 e. The molecule has 1 rings (SSSR count). The van der Waals surface area contributed by atoms with Crippen LogP contribution in [-0.2, 0) is 4.79 Å². The number of thioether (sulfide) groups is 1. The van der Waals surface area contributed by atoms with E-state index in [9.17, 15) is 4.79 Å². The number of amides is 1. The Morgan fingerprint density at radius 3 is 2.80 bits per heavy atom. The van der Waals surface area contributed by atoms with Gasteiger partial charge in [-0.3, -0.25) is 9.69 Å². The first-order valence-corrected chi connectivity index (χ1v) is 8.70. The van der Waals surface area contributed by atoms with Crippen molar-refractivity contribution < 1.29 is 4.79 Å². The molecule has 0 aliphatic carbocycles. The van der Waals surface area contributed by atoms with E-state index >= 15 is 0 Å². The van der Waals surface area contributed by atoms with Crippen molar-refractivity contribution in [2.75, 3.05) is 36.7 Å². The Hall–Kier alpha value is -0.720. The topological polar surface area (TPSA) is 58.4 Å². The van der Waals surface area contributed by atoms with Crippen molar-refractivity contribution in [3.05, 3.63) is 22.7 Å². The second-order valence-corrected chi connectivity index (χ2v) is 6.49. The lowest BCUT2D eigenvalue weighted by Crippen LogP contribution is -2.39. The third-order valence-corrected chi connectivity index (χ3v) is 4.49. The predicted octanol–water partition coefficient (Wildman–Crippen LogP) is 3.04. The number of benzene rings is 1. The molecule has 1 amide bonds. The van der Waals surface area contributed by atoms with Crippen molar-refractivity contribution in [1.29, 1.82) is 0 Å². The monoisotopic (exact) mass is 359 g/mol. The minimum atomic E-state index is -0.0162. The van der Waals surface area contributed by atoms with Gasteiger partial charge in [0.1, 0.15) is 0 Å². The second-order valence-electron chi connectivity index (χ2n) is 4.72. The van der Waals surface area contributed by atoms with E-state index in [-0.39, 0.29) is 5.91 Å². The van der Waals surface area contributed by atoms with Gasteiger partial charge in [-0.15, -0.1) is 0 Å². The summed E-state index contributed by atoms with van der Waals surface area (Å²) >= 11 is 5.20. The molecule has 112 valence electrons. The lowest BCUT2D eigenvalue weighted by molar-refractivity contribution is -0.117. The van der Waals surface area contributed by atoms with E-state index in [2.05, 4.69) is 39.3 Å². The number of rotatable bonds is 7. The Morgan fingerprint density at radius 2 is 2.25 bits per heavy atom. The zero-order valence-electron chi connectivity index (χ0n) is 12.1. The molecule has 20 heavy (non-hydrogen) atoms. The highest BCUT2D eigenvalue weighted by molar-refractivity contribution is 9.10. The number of carbonyl (C=O) groups is 1. The number of nitrogens with two attached hydrogens (primary N) is 1. The Balaban J connectivity index is 2.58. The number of nitrogens with one attached hydrogen (secondary N) is 1. The maximum atomic E-state index is 12.1. The van der Waals surface area contributed by atoms with E-state index in [1.807, 2.05) is 7.05 Å². The number of halogens is 1. The number of carbonyl (C=O) groups excluding carboxylic acids is 1. The first-order valence-electron chi connectivity index (χ1n) is 6.52. The Labute approximate surface area is 133 Å². The van der Waals surface area contributed by atoms with Gasteiger partial charge in [-0.25, -0.2) is 0 Å². The molecule has 0 radical (unpaired) electrons. The van der Waals surface area contributed by atoms with Gasteiger partial charge in [0.05, 0.1) is 12.2 Å². The fourth-order valence-corrected chi connectivity index (χ4v) is 3.30. The molecule has 6 heteroatoms. The summed E-state index contributed by atoms with van der Waals surface area (Å²) in [6, 6.07) is 5.77. The predicted molar refractivity (Wildman–Crippen MR) is 92.3 cm³/mol. The summed E-state index contributed by atoms with van der Waals surface area (Å²) in [5, 5.41) is 2.90. The molecule has 4 nitrogen and oxygen atoms in total. The van der Waals surface area contributed by atoms with Crippen LogP contribution in [0.4, 0.5) is 11.4 Å². The van der Waals surface area contributed by atoms with Crippen molar-refractivity contribution >= 4 is 45.0 Å². The van der Waals surface area contributed by atoms with Crippen LogP contribution in [0.5, 0.6) is 0 Å². The highest BCUT2D eigenvalue weighted by atomic mass is 79.9. The highest BCUT2D eigenvalue weighted by Gasteiger charge is 2.15. The molecule has 0 saturated carbocycles. The summed E-state index contributed by atoms with van der Waals surface area (Å²) in [4.78, 5) is 14.2. The number of nitrogen functional groups attached to an aromatic ring is 1. The van der Waals surface area contributed by atoms with Crippen molar-refractivity contribution in [3.63, 3.8) is 0 Å². The fourth-order valence-electron chi connectivity index (χ4n) is 1.93. The van der Waals surface area contributed by atoms with E-state index in [1.54, 1.807) is 30.0 Å². The molecule has 0 aliphatic rings. The summed E-state index contributed by atoms with van der Waals surface area (Å²) in [5.41, 5.74) is 7.09. The van der Waals surface area contributed by atoms with Crippen molar-refractivity contribution in [2.24, 2.45) is 0 Å². The highest BCUT2D eigenvalue weighted by Crippen LogP contribution is 2.24. The summed E-state index contributed by atoms with van der Waals surface area (Å²) in [6.45, 7) is 2.53. The Kier molecular flexibility index (Phi) is 7.40. The average molecular weight is 360 g/mol. The Morgan fingerprint density at radius 1 is 1.55 bits per heavy atom. The van der Waals surface area contributed by atoms with Crippen LogP contribution in [0.1, 0.15) is 13.3 Å². The molecule has 1 atom stereocenters. The van der Waals surface area contributed by atoms with E-state index < -0.39 is 0 Å². The number of likely N-dealkylation sites (N-methyl/N-ethyl adjacent to an activating group) is 1. The van der Waals surface area contributed by atoms with Crippen LogP contribution >= 0.6 is 27.7 Å². The third-order valence-electron chi connectivity index (χ3n) is 3.11. The summed E-state index contributed by atoms with van der Waals surface area (Å²) < 4.78 is 0.796. The van der Waals surface area contributed by atoms with Gasteiger partial charge in [-0.05, 0) is 53.9 Å². The minimum absolute atomic E-state index is 0.0162. The molecule has 1 unspecified atom stereocenters.